The van der Waals surface area contributed by atoms with E-state index < -0.39 is 0 Å². The largest absolute Gasteiger partial charge is 0.492 e. The Hall–Kier alpha value is -1.27. The lowest BCUT2D eigenvalue weighted by Crippen LogP contribution is -2.21. The van der Waals surface area contributed by atoms with Gasteiger partial charge in [0, 0.05) is 18.8 Å². The van der Waals surface area contributed by atoms with E-state index in [1.165, 1.54) is 0 Å². The summed E-state index contributed by atoms with van der Waals surface area (Å²) in [6.07, 6.45) is 2.08. The van der Waals surface area contributed by atoms with Crippen LogP contribution < -0.4 is 10.5 Å². The number of benzene rings is 1. The molecule has 1 saturated heterocycles. The molecule has 0 bridgehead atoms. The van der Waals surface area contributed by atoms with Crippen LogP contribution in [0.4, 0.5) is 0 Å². The van der Waals surface area contributed by atoms with Crippen molar-refractivity contribution >= 4 is 21.8 Å². The Labute approximate surface area is 120 Å². The van der Waals surface area contributed by atoms with Crippen molar-refractivity contribution in [2.75, 3.05) is 19.8 Å². The van der Waals surface area contributed by atoms with Gasteiger partial charge in [-0.3, -0.25) is 0 Å². The molecule has 0 radical (unpaired) electrons. The minimum absolute atomic E-state index is 0.0803. The molecule has 0 aromatic heterocycles. The summed E-state index contributed by atoms with van der Waals surface area (Å²) in [5.41, 5.74) is 6.17. The van der Waals surface area contributed by atoms with Gasteiger partial charge in [-0.05, 0) is 52.9 Å². The van der Waals surface area contributed by atoms with E-state index in [1.807, 2.05) is 6.07 Å². The van der Waals surface area contributed by atoms with Crippen molar-refractivity contribution in [3.63, 3.8) is 0 Å². The molecule has 0 spiro atoms. The number of ether oxygens (including phenoxy) is 2. The summed E-state index contributed by atoms with van der Waals surface area (Å²) >= 11 is 3.43. The van der Waals surface area contributed by atoms with E-state index in [2.05, 4.69) is 21.1 Å². The monoisotopic (exact) mass is 328 g/mol. The topological polar surface area (TPSA) is 77.1 Å². The van der Waals surface area contributed by atoms with E-state index in [0.717, 1.165) is 36.3 Å². The molecule has 2 rings (SSSR count). The van der Waals surface area contributed by atoms with Crippen molar-refractivity contribution in [1.82, 2.24) is 0 Å². The van der Waals surface area contributed by atoms with Gasteiger partial charge in [0.05, 0.1) is 11.1 Å². The molecule has 1 heterocycles. The maximum absolute atomic E-state index is 8.63. The summed E-state index contributed by atoms with van der Waals surface area (Å²) in [7, 11) is 0. The second-order valence-electron chi connectivity index (χ2n) is 4.50. The van der Waals surface area contributed by atoms with E-state index in [4.69, 9.17) is 20.4 Å². The normalized spacial score (nSPS) is 17.4. The highest BCUT2D eigenvalue weighted by atomic mass is 79.9. The fourth-order valence-corrected chi connectivity index (χ4v) is 2.45. The van der Waals surface area contributed by atoms with Gasteiger partial charge in [0.2, 0.25) is 0 Å². The molecule has 0 unspecified atom stereocenters. The average Bonchev–Trinajstić information content (AvgIpc) is 2.46. The molecule has 0 aliphatic carbocycles. The first-order chi connectivity index (χ1) is 9.20. The third-order valence-corrected chi connectivity index (χ3v) is 3.77. The number of halogens is 1. The molecule has 0 saturated carbocycles. The van der Waals surface area contributed by atoms with Gasteiger partial charge in [-0.2, -0.15) is 0 Å². The molecular formula is C13H17BrN2O3. The van der Waals surface area contributed by atoms with Crippen LogP contribution in [-0.2, 0) is 4.74 Å². The van der Waals surface area contributed by atoms with Crippen molar-refractivity contribution in [2.24, 2.45) is 16.8 Å². The lowest BCUT2D eigenvalue weighted by Gasteiger charge is -2.22. The summed E-state index contributed by atoms with van der Waals surface area (Å²) in [6.45, 7) is 2.32. The molecule has 6 heteroatoms. The molecule has 1 aromatic rings. The summed E-state index contributed by atoms with van der Waals surface area (Å²) in [4.78, 5) is 0. The first kappa shape index (κ1) is 14.1. The third-order valence-electron chi connectivity index (χ3n) is 3.15. The van der Waals surface area contributed by atoms with Crippen LogP contribution >= 0.6 is 15.9 Å². The Morgan fingerprint density at radius 3 is 2.84 bits per heavy atom. The number of amidine groups is 1. The van der Waals surface area contributed by atoms with Crippen LogP contribution in [0, 0.1) is 5.92 Å². The number of nitrogens with two attached hydrogens (primary N) is 1. The lowest BCUT2D eigenvalue weighted by atomic mass is 10.0. The van der Waals surface area contributed by atoms with Gasteiger partial charge in [0.25, 0.3) is 0 Å². The Kier molecular flexibility index (Phi) is 5.04. The van der Waals surface area contributed by atoms with Gasteiger partial charge in [-0.1, -0.05) is 5.16 Å². The van der Waals surface area contributed by atoms with E-state index >= 15 is 0 Å². The molecule has 0 amide bonds. The van der Waals surface area contributed by atoms with E-state index in [1.54, 1.807) is 12.1 Å². The first-order valence-electron chi connectivity index (χ1n) is 6.18. The van der Waals surface area contributed by atoms with Crippen LogP contribution in [0.15, 0.2) is 27.8 Å². The molecule has 0 atom stereocenters. The van der Waals surface area contributed by atoms with Crippen molar-refractivity contribution in [3.05, 3.63) is 28.2 Å². The highest BCUT2D eigenvalue weighted by Gasteiger charge is 2.15. The molecule has 104 valence electrons. The highest BCUT2D eigenvalue weighted by molar-refractivity contribution is 9.10. The van der Waals surface area contributed by atoms with Crippen LogP contribution in [0.3, 0.4) is 0 Å². The van der Waals surface area contributed by atoms with E-state index in [-0.39, 0.29) is 5.84 Å². The van der Waals surface area contributed by atoms with Crippen LogP contribution in [0.5, 0.6) is 5.75 Å². The maximum Gasteiger partial charge on any atom is 0.170 e. The van der Waals surface area contributed by atoms with Gasteiger partial charge in [0.15, 0.2) is 5.84 Å². The van der Waals surface area contributed by atoms with Crippen molar-refractivity contribution < 1.29 is 14.7 Å². The molecule has 1 aliphatic heterocycles. The first-order valence-corrected chi connectivity index (χ1v) is 6.98. The number of nitrogens with zero attached hydrogens (tertiary/aromatic N) is 1. The molecule has 1 aromatic carbocycles. The van der Waals surface area contributed by atoms with Gasteiger partial charge >= 0.3 is 0 Å². The molecule has 1 aliphatic rings. The van der Waals surface area contributed by atoms with Crippen LogP contribution in [0.2, 0.25) is 0 Å². The Morgan fingerprint density at radius 1 is 1.47 bits per heavy atom. The summed E-state index contributed by atoms with van der Waals surface area (Å²) in [5.74, 6) is 1.39. The van der Waals surface area contributed by atoms with Crippen LogP contribution in [0.1, 0.15) is 18.4 Å². The Balaban J connectivity index is 1.97. The van der Waals surface area contributed by atoms with Gasteiger partial charge in [0.1, 0.15) is 5.75 Å². The minimum atomic E-state index is 0.0803. The zero-order valence-electron chi connectivity index (χ0n) is 10.5. The molecule has 3 N–H and O–H groups in total. The molecular weight excluding hydrogens is 312 g/mol. The van der Waals surface area contributed by atoms with Gasteiger partial charge in [-0.25, -0.2) is 0 Å². The molecule has 5 nitrogen and oxygen atoms in total. The average molecular weight is 329 g/mol. The number of hydrogen-bond acceptors (Lipinski definition) is 4. The quantitative estimate of drug-likeness (QED) is 0.385. The van der Waals surface area contributed by atoms with Crippen LogP contribution in [-0.4, -0.2) is 30.9 Å². The van der Waals surface area contributed by atoms with E-state index in [9.17, 15) is 0 Å². The predicted octanol–water partition coefficient (Wildman–Crippen LogP) is 2.35. The second kappa shape index (κ2) is 6.77. The Morgan fingerprint density at radius 2 is 2.21 bits per heavy atom. The maximum atomic E-state index is 8.63. The summed E-state index contributed by atoms with van der Waals surface area (Å²) < 4.78 is 11.9. The standard InChI is InChI=1S/C13H17BrN2O3/c14-11-7-10(13(15)16-17)1-2-12(11)19-8-9-3-5-18-6-4-9/h1-2,7,9,17H,3-6,8H2,(H2,15,16). The van der Waals surface area contributed by atoms with E-state index in [0.29, 0.717) is 18.1 Å². The van der Waals surface area contributed by atoms with Crippen molar-refractivity contribution in [1.29, 1.82) is 0 Å². The number of rotatable bonds is 4. The van der Waals surface area contributed by atoms with Crippen molar-refractivity contribution in [2.45, 2.75) is 12.8 Å². The SMILES string of the molecule is N/C(=N/O)c1ccc(OCC2CCOCC2)c(Br)c1. The van der Waals surface area contributed by atoms with Crippen LogP contribution in [0.25, 0.3) is 0 Å². The zero-order valence-corrected chi connectivity index (χ0v) is 12.1. The number of oxime groups is 1. The predicted molar refractivity (Wildman–Crippen MR) is 75.7 cm³/mol. The fraction of sp³-hybridized carbons (Fsp3) is 0.462. The number of hydrogen-bond donors (Lipinski definition) is 2. The highest BCUT2D eigenvalue weighted by Crippen LogP contribution is 2.27. The third kappa shape index (κ3) is 3.84. The smallest absolute Gasteiger partial charge is 0.170 e. The second-order valence-corrected chi connectivity index (χ2v) is 5.35. The molecule has 1 fully saturated rings. The summed E-state index contributed by atoms with van der Waals surface area (Å²) in [5, 5.41) is 11.6. The Bertz CT molecular complexity index is 459. The lowest BCUT2D eigenvalue weighted by molar-refractivity contribution is 0.0496. The molecule has 19 heavy (non-hydrogen) atoms. The zero-order chi connectivity index (χ0) is 13.7. The fourth-order valence-electron chi connectivity index (χ4n) is 1.96. The van der Waals surface area contributed by atoms with Gasteiger partial charge < -0.3 is 20.4 Å². The van der Waals surface area contributed by atoms with Crippen molar-refractivity contribution in [3.8, 4) is 5.75 Å². The van der Waals surface area contributed by atoms with Gasteiger partial charge in [-0.15, -0.1) is 0 Å². The summed E-state index contributed by atoms with van der Waals surface area (Å²) in [6, 6.07) is 5.35. The minimum Gasteiger partial charge on any atom is -0.492 e.